The summed E-state index contributed by atoms with van der Waals surface area (Å²) in [5.74, 6) is 1.92. The van der Waals surface area contributed by atoms with Gasteiger partial charge < -0.3 is 9.84 Å². The van der Waals surface area contributed by atoms with Crippen molar-refractivity contribution >= 4 is 0 Å². The van der Waals surface area contributed by atoms with Gasteiger partial charge in [-0.15, -0.1) is 0 Å². The molecule has 1 aliphatic heterocycles. The summed E-state index contributed by atoms with van der Waals surface area (Å²) in [6.45, 7) is 4.65. The summed E-state index contributed by atoms with van der Waals surface area (Å²) < 4.78 is 5.77. The quantitative estimate of drug-likeness (QED) is 0.899. The molecular formula is C17H21NO2. The van der Waals surface area contributed by atoms with Crippen LogP contribution in [0.3, 0.4) is 0 Å². The summed E-state index contributed by atoms with van der Waals surface area (Å²) in [6.07, 6.45) is 2.01. The van der Waals surface area contributed by atoms with E-state index >= 15 is 0 Å². The van der Waals surface area contributed by atoms with E-state index in [0.717, 1.165) is 11.3 Å². The minimum Gasteiger partial charge on any atom is -0.492 e. The SMILES string of the molecule is CC(C)C1CC(O)(C2(C#N)COc3ccccc3C2)C1. The minimum atomic E-state index is -0.899. The maximum absolute atomic E-state index is 10.9. The topological polar surface area (TPSA) is 53.2 Å². The molecule has 0 aromatic heterocycles. The van der Waals surface area contributed by atoms with E-state index in [1.165, 1.54) is 0 Å². The Labute approximate surface area is 120 Å². The van der Waals surface area contributed by atoms with E-state index < -0.39 is 11.0 Å². The molecule has 1 saturated carbocycles. The third-order valence-electron chi connectivity index (χ3n) is 5.19. The van der Waals surface area contributed by atoms with Crippen molar-refractivity contribution < 1.29 is 9.84 Å². The molecule has 1 aliphatic carbocycles. The molecule has 0 amide bonds. The lowest BCUT2D eigenvalue weighted by atomic mass is 9.53. The number of nitrogens with zero attached hydrogens (tertiary/aromatic N) is 1. The Hall–Kier alpha value is -1.53. The first-order valence-corrected chi connectivity index (χ1v) is 7.34. The zero-order valence-electron chi connectivity index (χ0n) is 12.1. The van der Waals surface area contributed by atoms with Crippen molar-refractivity contribution in [1.82, 2.24) is 0 Å². The molecule has 3 heteroatoms. The molecule has 1 N–H and O–H groups in total. The van der Waals surface area contributed by atoms with Crippen LogP contribution in [0.4, 0.5) is 0 Å². The van der Waals surface area contributed by atoms with Crippen molar-refractivity contribution in [2.24, 2.45) is 17.3 Å². The Morgan fingerprint density at radius 3 is 2.70 bits per heavy atom. The standard InChI is InChI=1S/C17H21NO2/c1-12(2)14-8-17(19,9-14)16(10-18)7-13-5-3-4-6-15(13)20-11-16/h3-6,12,14,19H,7-9,11H2,1-2H3. The van der Waals surface area contributed by atoms with Crippen molar-refractivity contribution in [2.45, 2.75) is 38.7 Å². The predicted octanol–water partition coefficient (Wildman–Crippen LogP) is 2.93. The van der Waals surface area contributed by atoms with E-state index in [-0.39, 0.29) is 0 Å². The van der Waals surface area contributed by atoms with Crippen LogP contribution in [0.2, 0.25) is 0 Å². The molecule has 0 spiro atoms. The first-order chi connectivity index (χ1) is 9.50. The largest absolute Gasteiger partial charge is 0.492 e. The van der Waals surface area contributed by atoms with Crippen LogP contribution in [0.5, 0.6) is 5.75 Å². The molecule has 1 unspecified atom stereocenters. The van der Waals surface area contributed by atoms with Crippen LogP contribution in [-0.4, -0.2) is 17.3 Å². The summed E-state index contributed by atoms with van der Waals surface area (Å²) >= 11 is 0. The molecule has 3 nitrogen and oxygen atoms in total. The van der Waals surface area contributed by atoms with Crippen LogP contribution < -0.4 is 4.74 Å². The van der Waals surface area contributed by atoms with Gasteiger partial charge in [0.1, 0.15) is 17.8 Å². The molecule has 0 bridgehead atoms. The first kappa shape index (κ1) is 13.5. The lowest BCUT2D eigenvalue weighted by Crippen LogP contribution is -2.61. The second-order valence-corrected chi connectivity index (χ2v) is 6.71. The number of ether oxygens (including phenoxy) is 1. The van der Waals surface area contributed by atoms with Gasteiger partial charge in [-0.2, -0.15) is 5.26 Å². The molecule has 1 atom stereocenters. The summed E-state index contributed by atoms with van der Waals surface area (Å²) in [7, 11) is 0. The van der Waals surface area contributed by atoms with Crippen LogP contribution in [0, 0.1) is 28.6 Å². The van der Waals surface area contributed by atoms with Crippen molar-refractivity contribution in [1.29, 1.82) is 5.26 Å². The highest BCUT2D eigenvalue weighted by Crippen LogP contribution is 2.54. The Morgan fingerprint density at radius 2 is 2.05 bits per heavy atom. The fourth-order valence-electron chi connectivity index (χ4n) is 3.51. The Morgan fingerprint density at radius 1 is 1.35 bits per heavy atom. The zero-order chi connectivity index (χ0) is 14.4. The number of rotatable bonds is 2. The normalized spacial score (nSPS) is 35.6. The Kier molecular flexibility index (Phi) is 3.02. The molecule has 106 valence electrons. The van der Waals surface area contributed by atoms with Gasteiger partial charge in [-0.25, -0.2) is 0 Å². The summed E-state index contributed by atoms with van der Waals surface area (Å²) in [5, 5.41) is 20.6. The number of hydrogen-bond acceptors (Lipinski definition) is 3. The van der Waals surface area contributed by atoms with E-state index in [0.29, 0.717) is 37.7 Å². The Balaban J connectivity index is 1.87. The average Bonchev–Trinajstić information content (AvgIpc) is 2.42. The predicted molar refractivity (Wildman–Crippen MR) is 76.2 cm³/mol. The van der Waals surface area contributed by atoms with E-state index in [4.69, 9.17) is 4.74 Å². The maximum atomic E-state index is 10.9. The Bertz CT molecular complexity index is 554. The fraction of sp³-hybridized carbons (Fsp3) is 0.588. The summed E-state index contributed by atoms with van der Waals surface area (Å²) in [6, 6.07) is 10.2. The zero-order valence-corrected chi connectivity index (χ0v) is 12.1. The van der Waals surface area contributed by atoms with Gasteiger partial charge in [0, 0.05) is 6.42 Å². The van der Waals surface area contributed by atoms with Crippen LogP contribution in [0.1, 0.15) is 32.3 Å². The van der Waals surface area contributed by atoms with Crippen LogP contribution in [0.25, 0.3) is 0 Å². The molecule has 0 radical (unpaired) electrons. The van der Waals surface area contributed by atoms with Gasteiger partial charge in [0.05, 0.1) is 11.7 Å². The van der Waals surface area contributed by atoms with Crippen molar-refractivity contribution in [3.63, 3.8) is 0 Å². The molecule has 1 heterocycles. The highest BCUT2D eigenvalue weighted by Gasteiger charge is 2.60. The molecule has 1 fully saturated rings. The van der Waals surface area contributed by atoms with Gasteiger partial charge >= 0.3 is 0 Å². The second kappa shape index (κ2) is 4.49. The number of para-hydroxylation sites is 1. The number of fused-ring (bicyclic) bond motifs is 1. The maximum Gasteiger partial charge on any atom is 0.124 e. The van der Waals surface area contributed by atoms with E-state index in [2.05, 4.69) is 19.9 Å². The molecule has 20 heavy (non-hydrogen) atoms. The minimum absolute atomic E-state index is 0.293. The van der Waals surface area contributed by atoms with Gasteiger partial charge in [0.25, 0.3) is 0 Å². The lowest BCUT2D eigenvalue weighted by molar-refractivity contribution is -0.168. The van der Waals surface area contributed by atoms with Gasteiger partial charge in [-0.1, -0.05) is 32.0 Å². The van der Waals surface area contributed by atoms with Gasteiger partial charge in [0.2, 0.25) is 0 Å². The third-order valence-corrected chi connectivity index (χ3v) is 5.19. The smallest absolute Gasteiger partial charge is 0.124 e. The van der Waals surface area contributed by atoms with Crippen molar-refractivity contribution in [3.8, 4) is 11.8 Å². The number of nitriles is 1. The first-order valence-electron chi connectivity index (χ1n) is 7.34. The van der Waals surface area contributed by atoms with Crippen LogP contribution in [0.15, 0.2) is 24.3 Å². The molecule has 3 rings (SSSR count). The fourth-order valence-corrected chi connectivity index (χ4v) is 3.51. The van der Waals surface area contributed by atoms with Gasteiger partial charge in [0.15, 0.2) is 0 Å². The van der Waals surface area contributed by atoms with Crippen LogP contribution in [-0.2, 0) is 6.42 Å². The van der Waals surface area contributed by atoms with E-state index in [1.807, 2.05) is 24.3 Å². The summed E-state index contributed by atoms with van der Waals surface area (Å²) in [5.41, 5.74) is -0.668. The number of benzene rings is 1. The highest BCUT2D eigenvalue weighted by molar-refractivity contribution is 5.39. The highest BCUT2D eigenvalue weighted by atomic mass is 16.5. The van der Waals surface area contributed by atoms with E-state index in [9.17, 15) is 10.4 Å². The molecule has 2 aliphatic rings. The lowest BCUT2D eigenvalue weighted by Gasteiger charge is -2.54. The number of aliphatic hydroxyl groups is 1. The van der Waals surface area contributed by atoms with Crippen molar-refractivity contribution in [2.75, 3.05) is 6.61 Å². The van der Waals surface area contributed by atoms with Crippen LogP contribution >= 0.6 is 0 Å². The van der Waals surface area contributed by atoms with E-state index in [1.54, 1.807) is 0 Å². The third kappa shape index (κ3) is 1.83. The molecule has 1 aromatic rings. The molecule has 0 saturated heterocycles. The monoisotopic (exact) mass is 271 g/mol. The average molecular weight is 271 g/mol. The summed E-state index contributed by atoms with van der Waals surface area (Å²) in [4.78, 5) is 0. The molecule has 1 aromatic carbocycles. The number of hydrogen-bond donors (Lipinski definition) is 1. The van der Waals surface area contributed by atoms with Gasteiger partial charge in [-0.3, -0.25) is 0 Å². The van der Waals surface area contributed by atoms with Crippen molar-refractivity contribution in [3.05, 3.63) is 29.8 Å². The second-order valence-electron chi connectivity index (χ2n) is 6.71. The molecular weight excluding hydrogens is 250 g/mol. The van der Waals surface area contributed by atoms with Gasteiger partial charge in [-0.05, 0) is 36.3 Å².